The quantitative estimate of drug-likeness (QED) is 0.595. The lowest BCUT2D eigenvalue weighted by atomic mass is 10.1. The molecular formula is C12H17FN2O. The molecule has 3 N–H and O–H groups in total. The molecule has 1 fully saturated rings. The first-order valence-corrected chi connectivity index (χ1v) is 5.26. The maximum atomic E-state index is 12.7. The minimum absolute atomic E-state index is 0.188. The molecule has 88 valence electrons. The number of hydrogen-bond donors (Lipinski definition) is 2. The van der Waals surface area contributed by atoms with Crippen molar-refractivity contribution < 1.29 is 9.18 Å². The van der Waals surface area contributed by atoms with Crippen molar-refractivity contribution >= 4 is 12.1 Å². The number of nitrogens with one attached hydrogen (secondary N) is 1. The fourth-order valence-electron chi connectivity index (χ4n) is 1.15. The number of aryl methyl sites for hydroxylation is 2. The summed E-state index contributed by atoms with van der Waals surface area (Å²) < 4.78 is 12.7. The fraction of sp³-hybridized carbons (Fsp3) is 0.417. The van der Waals surface area contributed by atoms with Crippen LogP contribution in [0.15, 0.2) is 12.1 Å². The molecule has 16 heavy (non-hydrogen) atoms. The fourth-order valence-corrected chi connectivity index (χ4v) is 1.15. The second-order valence-electron chi connectivity index (χ2n) is 4.02. The highest BCUT2D eigenvalue weighted by molar-refractivity contribution is 5.48. The zero-order chi connectivity index (χ0) is 12.1. The van der Waals surface area contributed by atoms with E-state index in [1.807, 2.05) is 0 Å². The Morgan fingerprint density at radius 1 is 1.38 bits per heavy atom. The van der Waals surface area contributed by atoms with Crippen LogP contribution in [0.3, 0.4) is 0 Å². The van der Waals surface area contributed by atoms with Crippen LogP contribution in [-0.2, 0) is 4.79 Å². The summed E-state index contributed by atoms with van der Waals surface area (Å²) in [5, 5.41) is 2.64. The van der Waals surface area contributed by atoms with E-state index in [1.54, 1.807) is 19.9 Å². The molecule has 1 aliphatic rings. The van der Waals surface area contributed by atoms with Gasteiger partial charge in [0.05, 0.1) is 0 Å². The van der Waals surface area contributed by atoms with Crippen LogP contribution in [0.2, 0.25) is 0 Å². The highest BCUT2D eigenvalue weighted by atomic mass is 19.1. The molecule has 0 bridgehead atoms. The van der Waals surface area contributed by atoms with Crippen molar-refractivity contribution in [1.82, 2.24) is 5.32 Å². The summed E-state index contributed by atoms with van der Waals surface area (Å²) >= 11 is 0. The second kappa shape index (κ2) is 5.49. The van der Waals surface area contributed by atoms with Gasteiger partial charge in [0, 0.05) is 11.7 Å². The third-order valence-electron chi connectivity index (χ3n) is 2.43. The van der Waals surface area contributed by atoms with E-state index < -0.39 is 0 Å². The van der Waals surface area contributed by atoms with Crippen molar-refractivity contribution in [3.8, 4) is 0 Å². The Labute approximate surface area is 94.8 Å². The first-order valence-electron chi connectivity index (χ1n) is 5.26. The van der Waals surface area contributed by atoms with Gasteiger partial charge in [-0.05, 0) is 49.9 Å². The molecule has 0 atom stereocenters. The average Bonchev–Trinajstić information content (AvgIpc) is 3.01. The highest BCUT2D eigenvalue weighted by Gasteiger charge is 2.18. The van der Waals surface area contributed by atoms with Gasteiger partial charge >= 0.3 is 0 Å². The Kier molecular flexibility index (Phi) is 4.28. The number of hydrogen-bond acceptors (Lipinski definition) is 2. The van der Waals surface area contributed by atoms with Gasteiger partial charge in [0.15, 0.2) is 0 Å². The number of halogens is 1. The van der Waals surface area contributed by atoms with Crippen molar-refractivity contribution in [2.75, 3.05) is 5.73 Å². The number of nitrogen functional groups attached to an aromatic ring is 1. The topological polar surface area (TPSA) is 55.1 Å². The van der Waals surface area contributed by atoms with E-state index in [4.69, 9.17) is 5.73 Å². The molecule has 0 saturated heterocycles. The van der Waals surface area contributed by atoms with Crippen molar-refractivity contribution in [2.45, 2.75) is 32.7 Å². The smallest absolute Gasteiger partial charge is 0.207 e. The number of nitrogens with two attached hydrogens (primary N) is 1. The Bertz CT molecular complexity index is 325. The Morgan fingerprint density at radius 2 is 2.00 bits per heavy atom. The lowest BCUT2D eigenvalue weighted by Crippen LogP contribution is -2.11. The lowest BCUT2D eigenvalue weighted by molar-refractivity contribution is -0.109. The molecule has 0 heterocycles. The van der Waals surface area contributed by atoms with Crippen LogP contribution >= 0.6 is 0 Å². The third-order valence-corrected chi connectivity index (χ3v) is 2.43. The number of benzene rings is 1. The Morgan fingerprint density at radius 3 is 2.38 bits per heavy atom. The summed E-state index contributed by atoms with van der Waals surface area (Å²) in [5.41, 5.74) is 7.57. The number of amides is 1. The molecule has 2 rings (SSSR count). The zero-order valence-electron chi connectivity index (χ0n) is 9.59. The normalized spacial score (nSPS) is 13.7. The molecule has 0 spiro atoms. The van der Waals surface area contributed by atoms with Gasteiger partial charge in [0.2, 0.25) is 6.41 Å². The predicted octanol–water partition coefficient (Wildman–Crippen LogP) is 1.92. The van der Waals surface area contributed by atoms with Gasteiger partial charge in [0.25, 0.3) is 0 Å². The maximum Gasteiger partial charge on any atom is 0.207 e. The van der Waals surface area contributed by atoms with Gasteiger partial charge in [0.1, 0.15) is 5.82 Å². The summed E-state index contributed by atoms with van der Waals surface area (Å²) in [4.78, 5) is 9.54. The van der Waals surface area contributed by atoms with Gasteiger partial charge in [-0.15, -0.1) is 0 Å². The standard InChI is InChI=1S/C8H10FN.C4H7NO/c1-5-4-8(10)6(2)3-7(5)9;6-3-5-4-1-2-4/h3-4H,10H2,1-2H3;3-4H,1-2H2,(H,5,6). The van der Waals surface area contributed by atoms with Crippen LogP contribution in [0.1, 0.15) is 24.0 Å². The van der Waals surface area contributed by atoms with Crippen molar-refractivity contribution in [3.05, 3.63) is 29.1 Å². The monoisotopic (exact) mass is 224 g/mol. The molecule has 0 unspecified atom stereocenters. The molecule has 1 aromatic rings. The summed E-state index contributed by atoms with van der Waals surface area (Å²) in [6.07, 6.45) is 3.12. The second-order valence-corrected chi connectivity index (χ2v) is 4.02. The number of carbonyl (C=O) groups excluding carboxylic acids is 1. The molecule has 1 aliphatic carbocycles. The SMILES string of the molecule is Cc1cc(F)c(C)cc1N.O=CNC1CC1. The molecule has 1 amide bonds. The largest absolute Gasteiger partial charge is 0.399 e. The number of anilines is 1. The van der Waals surface area contributed by atoms with E-state index in [1.165, 1.54) is 18.9 Å². The molecule has 1 aromatic carbocycles. The molecule has 0 aromatic heterocycles. The van der Waals surface area contributed by atoms with Gasteiger partial charge < -0.3 is 11.1 Å². The molecule has 1 saturated carbocycles. The van der Waals surface area contributed by atoms with E-state index in [-0.39, 0.29) is 5.82 Å². The Balaban J connectivity index is 0.000000181. The van der Waals surface area contributed by atoms with Crippen LogP contribution in [0, 0.1) is 19.7 Å². The summed E-state index contributed by atoms with van der Waals surface area (Å²) in [6.45, 7) is 3.49. The van der Waals surface area contributed by atoms with Crippen molar-refractivity contribution in [2.24, 2.45) is 0 Å². The molecule has 0 radical (unpaired) electrons. The van der Waals surface area contributed by atoms with E-state index in [0.29, 0.717) is 17.3 Å². The summed E-state index contributed by atoms with van der Waals surface area (Å²) in [5.74, 6) is -0.188. The van der Waals surface area contributed by atoms with Gasteiger partial charge in [-0.2, -0.15) is 0 Å². The van der Waals surface area contributed by atoms with E-state index in [0.717, 1.165) is 12.0 Å². The molecule has 4 heteroatoms. The third kappa shape index (κ3) is 3.88. The first-order chi connectivity index (χ1) is 7.54. The molecule has 3 nitrogen and oxygen atoms in total. The number of carbonyl (C=O) groups is 1. The zero-order valence-corrected chi connectivity index (χ0v) is 9.59. The van der Waals surface area contributed by atoms with Crippen LogP contribution in [-0.4, -0.2) is 12.5 Å². The van der Waals surface area contributed by atoms with Crippen LogP contribution < -0.4 is 11.1 Å². The van der Waals surface area contributed by atoms with Crippen molar-refractivity contribution in [1.29, 1.82) is 0 Å². The summed E-state index contributed by atoms with van der Waals surface area (Å²) in [7, 11) is 0. The van der Waals surface area contributed by atoms with Crippen LogP contribution in [0.4, 0.5) is 10.1 Å². The van der Waals surface area contributed by atoms with Crippen molar-refractivity contribution in [3.63, 3.8) is 0 Å². The summed E-state index contributed by atoms with van der Waals surface area (Å²) in [6, 6.07) is 3.62. The Hall–Kier alpha value is -1.58. The van der Waals surface area contributed by atoms with Crippen LogP contribution in [0.25, 0.3) is 0 Å². The molecular weight excluding hydrogens is 207 g/mol. The number of rotatable bonds is 2. The lowest BCUT2D eigenvalue weighted by Gasteiger charge is -2.01. The van der Waals surface area contributed by atoms with Gasteiger partial charge in [-0.25, -0.2) is 4.39 Å². The highest BCUT2D eigenvalue weighted by Crippen LogP contribution is 2.17. The van der Waals surface area contributed by atoms with Gasteiger partial charge in [-0.1, -0.05) is 0 Å². The molecule has 0 aliphatic heterocycles. The predicted molar refractivity (Wildman–Crippen MR) is 62.5 cm³/mol. The average molecular weight is 224 g/mol. The minimum Gasteiger partial charge on any atom is -0.399 e. The van der Waals surface area contributed by atoms with E-state index in [2.05, 4.69) is 5.32 Å². The van der Waals surface area contributed by atoms with E-state index >= 15 is 0 Å². The van der Waals surface area contributed by atoms with E-state index in [9.17, 15) is 9.18 Å². The minimum atomic E-state index is -0.188. The van der Waals surface area contributed by atoms with Crippen LogP contribution in [0.5, 0.6) is 0 Å². The van der Waals surface area contributed by atoms with Gasteiger partial charge in [-0.3, -0.25) is 4.79 Å². The first kappa shape index (κ1) is 12.5. The maximum absolute atomic E-state index is 12.7.